The van der Waals surface area contributed by atoms with Crippen LogP contribution in [0.1, 0.15) is 116 Å². The predicted octanol–water partition coefficient (Wildman–Crippen LogP) is 7.31. The van der Waals surface area contributed by atoms with Gasteiger partial charge in [0.15, 0.2) is 5.82 Å². The Balaban J connectivity index is 0.852. The van der Waals surface area contributed by atoms with Crippen LogP contribution >= 0.6 is 34.3 Å². The van der Waals surface area contributed by atoms with Crippen molar-refractivity contribution in [3.05, 3.63) is 104 Å². The monoisotopic (exact) mass is 1010 g/mol. The third kappa shape index (κ3) is 12.4. The number of aliphatic hydroxyl groups is 1. The summed E-state index contributed by atoms with van der Waals surface area (Å²) in [6, 6.07) is 12.8. The molecule has 0 radical (unpaired) electrons. The Kier molecular flexibility index (Phi) is 17.4. The minimum atomic E-state index is -0.985. The van der Waals surface area contributed by atoms with Crippen LogP contribution < -0.4 is 16.0 Å². The summed E-state index contributed by atoms with van der Waals surface area (Å²) in [7, 11) is 0. The minimum absolute atomic E-state index is 0.0262. The highest BCUT2D eigenvalue weighted by Crippen LogP contribution is 2.40. The van der Waals surface area contributed by atoms with Crippen molar-refractivity contribution in [2.24, 2.45) is 10.4 Å². The number of rotatable bonds is 20. The van der Waals surface area contributed by atoms with Crippen molar-refractivity contribution in [2.75, 3.05) is 39.5 Å². The lowest BCUT2D eigenvalue weighted by Gasteiger charge is -2.35. The molecule has 5 aromatic rings. The van der Waals surface area contributed by atoms with Crippen LogP contribution in [0.4, 0.5) is 0 Å². The van der Waals surface area contributed by atoms with Crippen LogP contribution in [-0.4, -0.2) is 117 Å². The van der Waals surface area contributed by atoms with Crippen LogP contribution in [0.2, 0.25) is 5.02 Å². The van der Waals surface area contributed by atoms with E-state index in [1.54, 1.807) is 22.7 Å². The molecule has 16 nitrogen and oxygen atoms in total. The van der Waals surface area contributed by atoms with E-state index < -0.39 is 41.5 Å². The second-order valence-corrected chi connectivity index (χ2v) is 21.5. The zero-order valence-corrected chi connectivity index (χ0v) is 43.5. The number of hydrogen-bond donors (Lipinski definition) is 4. The first-order valence-electron chi connectivity index (χ1n) is 23.8. The SMILES string of the molecule is CCCC(NC(=O)[C@@H]1C[C@@H](O)CN1C(=O)[C@@H](NC(=O)COCCCOCCNC(=O)CC1N=C(c2ccc(Cl)cc2)c2c(sc(C)c2C)-n2c(C)nnc21)C(C)(C)C)c1ccc(-c2scnc2C)cc1. The standard InChI is InChI=1S/C51H64ClN9O7S2/c1-9-11-38(33-12-14-35(15-13-33)45-30(3)54-28-69-45)56-48(65)40-24-37(62)26-60(40)49(66)46(51(6,7)8)57-42(64)27-68-22-10-21-67-23-20-53-41(63)25-39-47-59-58-32(5)61(47)50-43(29(2)31(4)70-50)44(55-39)34-16-18-36(52)19-17-34/h12-19,28,37-40,46,62H,9-11,20-27H2,1-8H3,(H,53,63)(H,56,65)(H,57,64)/t37-,38?,39?,40+,46-/m1/s1. The molecule has 1 saturated heterocycles. The maximum Gasteiger partial charge on any atom is 0.246 e. The number of ether oxygens (including phenoxy) is 2. The Labute approximate surface area is 422 Å². The number of aryl methyl sites for hydroxylation is 3. The van der Waals surface area contributed by atoms with Gasteiger partial charge < -0.3 is 35.4 Å². The maximum absolute atomic E-state index is 14.2. The molecule has 70 heavy (non-hydrogen) atoms. The first-order chi connectivity index (χ1) is 33.4. The lowest BCUT2D eigenvalue weighted by Crippen LogP contribution is -2.58. The molecule has 5 heterocycles. The number of aromatic nitrogens is 4. The molecule has 1 fully saturated rings. The topological polar surface area (TPSA) is 202 Å². The van der Waals surface area contributed by atoms with Crippen molar-refractivity contribution in [1.29, 1.82) is 0 Å². The molecule has 7 rings (SSSR count). The van der Waals surface area contributed by atoms with E-state index in [-0.39, 0.29) is 63.6 Å². The summed E-state index contributed by atoms with van der Waals surface area (Å²) < 4.78 is 13.4. The molecule has 4 N–H and O–H groups in total. The summed E-state index contributed by atoms with van der Waals surface area (Å²) >= 11 is 9.47. The van der Waals surface area contributed by atoms with Crippen LogP contribution in [0.5, 0.6) is 0 Å². The number of nitrogens with one attached hydrogen (secondary N) is 3. The molecule has 0 saturated carbocycles. The fraction of sp³-hybridized carbons (Fsp3) is 0.490. The number of amides is 4. The van der Waals surface area contributed by atoms with Crippen molar-refractivity contribution < 1.29 is 33.8 Å². The van der Waals surface area contributed by atoms with Crippen molar-refractivity contribution in [2.45, 2.75) is 118 Å². The van der Waals surface area contributed by atoms with E-state index >= 15 is 0 Å². The molecule has 2 unspecified atom stereocenters. The van der Waals surface area contributed by atoms with E-state index in [1.807, 2.05) is 100 Å². The molecule has 4 amide bonds. The van der Waals surface area contributed by atoms with Gasteiger partial charge in [-0.25, -0.2) is 4.98 Å². The molecule has 0 aliphatic carbocycles. The molecule has 19 heteroatoms. The summed E-state index contributed by atoms with van der Waals surface area (Å²) in [4.78, 5) is 67.8. The van der Waals surface area contributed by atoms with E-state index in [2.05, 4.69) is 45.0 Å². The number of nitrogens with zero attached hydrogens (tertiary/aromatic N) is 6. The number of hydrogen-bond acceptors (Lipinski definition) is 13. The molecule has 0 spiro atoms. The Morgan fingerprint density at radius 2 is 1.64 bits per heavy atom. The summed E-state index contributed by atoms with van der Waals surface area (Å²) in [5, 5.41) is 30.1. The molecular formula is C51H64ClN9O7S2. The number of thiophene rings is 1. The number of carbonyl (C=O) groups excluding carboxylic acids is 4. The average Bonchev–Trinajstić information content (AvgIpc) is 4.09. The summed E-state index contributed by atoms with van der Waals surface area (Å²) in [5.74, 6) is -0.173. The fourth-order valence-corrected chi connectivity index (χ4v) is 11.0. The van der Waals surface area contributed by atoms with Crippen molar-refractivity contribution in [1.82, 2.24) is 40.6 Å². The number of aliphatic hydroxyl groups excluding tert-OH is 1. The van der Waals surface area contributed by atoms with Crippen LogP contribution in [0.3, 0.4) is 0 Å². The van der Waals surface area contributed by atoms with Gasteiger partial charge in [-0.05, 0) is 74.8 Å². The van der Waals surface area contributed by atoms with Gasteiger partial charge >= 0.3 is 0 Å². The zero-order valence-electron chi connectivity index (χ0n) is 41.1. The van der Waals surface area contributed by atoms with Crippen LogP contribution in [-0.2, 0) is 28.7 Å². The molecule has 2 aromatic carbocycles. The smallest absolute Gasteiger partial charge is 0.246 e. The maximum atomic E-state index is 14.2. The molecule has 5 atom stereocenters. The number of benzene rings is 2. The molecular weight excluding hydrogens is 950 g/mol. The molecule has 374 valence electrons. The Morgan fingerprint density at radius 3 is 2.33 bits per heavy atom. The second-order valence-electron chi connectivity index (χ2n) is 19.0. The summed E-state index contributed by atoms with van der Waals surface area (Å²) in [5.41, 5.74) is 7.84. The van der Waals surface area contributed by atoms with Gasteiger partial charge in [0.05, 0.1) is 47.0 Å². The van der Waals surface area contributed by atoms with Gasteiger partial charge in [0.25, 0.3) is 0 Å². The van der Waals surface area contributed by atoms with E-state index in [1.165, 1.54) is 4.90 Å². The Morgan fingerprint density at radius 1 is 0.929 bits per heavy atom. The van der Waals surface area contributed by atoms with Crippen LogP contribution in [0.25, 0.3) is 15.4 Å². The number of likely N-dealkylation sites (tertiary alicyclic amines) is 1. The zero-order chi connectivity index (χ0) is 50.3. The van der Waals surface area contributed by atoms with Gasteiger partial charge in [0.1, 0.15) is 35.6 Å². The Bertz CT molecular complexity index is 2670. The third-order valence-corrected chi connectivity index (χ3v) is 15.0. The number of β-amino-alcohol motifs (C(OH)–C–C–N with tert-alkyl or cyclic N) is 1. The normalized spacial score (nSPS) is 17.5. The number of thiazole rings is 1. The van der Waals surface area contributed by atoms with Crippen molar-refractivity contribution in [3.8, 4) is 15.4 Å². The summed E-state index contributed by atoms with van der Waals surface area (Å²) in [6.07, 6.45) is 1.25. The number of aliphatic imine (C=N–C) groups is 1. The van der Waals surface area contributed by atoms with Crippen LogP contribution in [0.15, 0.2) is 59.0 Å². The number of halogens is 1. The van der Waals surface area contributed by atoms with Gasteiger partial charge in [-0.3, -0.25) is 28.7 Å². The third-order valence-electron chi connectivity index (χ3n) is 12.6. The lowest BCUT2D eigenvalue weighted by molar-refractivity contribution is -0.144. The highest BCUT2D eigenvalue weighted by Gasteiger charge is 2.45. The van der Waals surface area contributed by atoms with Gasteiger partial charge in [0.2, 0.25) is 23.6 Å². The fourth-order valence-electron chi connectivity index (χ4n) is 8.82. The molecule has 3 aromatic heterocycles. The Hall–Kier alpha value is -5.37. The van der Waals surface area contributed by atoms with Gasteiger partial charge in [-0.1, -0.05) is 82.1 Å². The van der Waals surface area contributed by atoms with Crippen LogP contribution in [0, 0.1) is 33.1 Å². The predicted molar refractivity (Wildman–Crippen MR) is 273 cm³/mol. The molecule has 2 aliphatic heterocycles. The number of fused-ring (bicyclic) bond motifs is 3. The van der Waals surface area contributed by atoms with Crippen molar-refractivity contribution >= 4 is 63.6 Å². The van der Waals surface area contributed by atoms with E-state index in [0.717, 1.165) is 60.4 Å². The van der Waals surface area contributed by atoms with Gasteiger partial charge in [0, 0.05) is 53.8 Å². The first kappa shape index (κ1) is 52.5. The minimum Gasteiger partial charge on any atom is -0.391 e. The van der Waals surface area contributed by atoms with Gasteiger partial charge in [-0.2, -0.15) is 0 Å². The van der Waals surface area contributed by atoms with Crippen molar-refractivity contribution in [3.63, 3.8) is 0 Å². The highest BCUT2D eigenvalue weighted by molar-refractivity contribution is 7.15. The lowest BCUT2D eigenvalue weighted by atomic mass is 9.85. The van der Waals surface area contributed by atoms with E-state index in [9.17, 15) is 24.3 Å². The number of carbonyl (C=O) groups is 4. The quantitative estimate of drug-likeness (QED) is 0.0573. The second kappa shape index (κ2) is 23.2. The summed E-state index contributed by atoms with van der Waals surface area (Å²) in [6.45, 7) is 16.4. The first-order valence-corrected chi connectivity index (χ1v) is 25.9. The van der Waals surface area contributed by atoms with E-state index in [0.29, 0.717) is 36.1 Å². The molecule has 2 aliphatic rings. The highest BCUT2D eigenvalue weighted by atomic mass is 35.5. The molecule has 0 bridgehead atoms. The largest absolute Gasteiger partial charge is 0.391 e. The average molecular weight is 1010 g/mol. The van der Waals surface area contributed by atoms with Gasteiger partial charge in [-0.15, -0.1) is 32.9 Å². The van der Waals surface area contributed by atoms with E-state index in [4.69, 9.17) is 26.1 Å².